The molecule has 4 rings (SSSR count). The van der Waals surface area contributed by atoms with E-state index in [1.54, 1.807) is 11.3 Å². The van der Waals surface area contributed by atoms with Crippen molar-refractivity contribution in [2.24, 2.45) is 0 Å². The van der Waals surface area contributed by atoms with E-state index in [1.807, 2.05) is 40.9 Å². The van der Waals surface area contributed by atoms with Crippen molar-refractivity contribution < 1.29 is 4.79 Å². The zero-order chi connectivity index (χ0) is 12.1. The normalized spacial score (nSPS) is 11.6. The topological polar surface area (TPSA) is 34.4 Å². The van der Waals surface area contributed by atoms with Crippen molar-refractivity contribution in [1.29, 1.82) is 0 Å². The Labute approximate surface area is 106 Å². The SMILES string of the molecule is O=Cc1ccc2c(c1)sc1nc3cccn3cc12. The molecule has 4 heteroatoms. The Bertz CT molecular complexity index is 904. The minimum atomic E-state index is 0.709. The molecule has 0 atom stereocenters. The monoisotopic (exact) mass is 252 g/mol. The molecule has 0 spiro atoms. The van der Waals surface area contributed by atoms with E-state index in [9.17, 15) is 4.79 Å². The molecular formula is C14H8N2OS. The number of aromatic nitrogens is 2. The first-order valence-electron chi connectivity index (χ1n) is 5.60. The molecule has 0 aliphatic carbocycles. The maximum Gasteiger partial charge on any atom is 0.150 e. The van der Waals surface area contributed by atoms with Crippen LogP contribution in [0, 0.1) is 0 Å². The van der Waals surface area contributed by atoms with Gasteiger partial charge >= 0.3 is 0 Å². The summed E-state index contributed by atoms with van der Waals surface area (Å²) in [5.74, 6) is 0. The third-order valence-electron chi connectivity index (χ3n) is 3.11. The Balaban J connectivity index is 2.19. The number of nitrogens with zero attached hydrogens (tertiary/aromatic N) is 2. The van der Waals surface area contributed by atoms with E-state index in [1.165, 1.54) is 0 Å². The summed E-state index contributed by atoms with van der Waals surface area (Å²) >= 11 is 1.63. The van der Waals surface area contributed by atoms with Crippen LogP contribution in [0.1, 0.15) is 10.4 Å². The minimum Gasteiger partial charge on any atom is -0.308 e. The van der Waals surface area contributed by atoms with Gasteiger partial charge in [0.05, 0.1) is 0 Å². The summed E-state index contributed by atoms with van der Waals surface area (Å²) in [6, 6.07) is 9.74. The van der Waals surface area contributed by atoms with E-state index >= 15 is 0 Å². The van der Waals surface area contributed by atoms with Gasteiger partial charge in [-0.15, -0.1) is 11.3 Å². The number of benzene rings is 1. The van der Waals surface area contributed by atoms with E-state index in [0.29, 0.717) is 5.56 Å². The number of rotatable bonds is 1. The Morgan fingerprint density at radius 1 is 1.22 bits per heavy atom. The first kappa shape index (κ1) is 9.79. The van der Waals surface area contributed by atoms with Gasteiger partial charge in [-0.05, 0) is 18.2 Å². The standard InChI is InChI=1S/C14H8N2OS/c17-8-9-3-4-10-11-7-16-5-1-2-13(16)15-14(11)18-12(10)6-9/h1-8H. The Hall–Kier alpha value is -2.20. The summed E-state index contributed by atoms with van der Waals surface area (Å²) in [6.45, 7) is 0. The van der Waals surface area contributed by atoms with Crippen LogP contribution in [0.15, 0.2) is 42.7 Å². The molecule has 0 bridgehead atoms. The average Bonchev–Trinajstić information content (AvgIpc) is 2.98. The summed E-state index contributed by atoms with van der Waals surface area (Å²) in [6.07, 6.45) is 4.96. The van der Waals surface area contributed by atoms with Crippen LogP contribution in [-0.4, -0.2) is 15.7 Å². The second-order valence-electron chi connectivity index (χ2n) is 4.21. The Morgan fingerprint density at radius 3 is 3.06 bits per heavy atom. The van der Waals surface area contributed by atoms with Crippen molar-refractivity contribution in [1.82, 2.24) is 9.38 Å². The largest absolute Gasteiger partial charge is 0.308 e. The highest BCUT2D eigenvalue weighted by Crippen LogP contribution is 2.33. The van der Waals surface area contributed by atoms with Gasteiger partial charge in [0, 0.05) is 33.4 Å². The van der Waals surface area contributed by atoms with Crippen LogP contribution in [0.25, 0.3) is 25.9 Å². The molecular weight excluding hydrogens is 244 g/mol. The molecule has 0 saturated carbocycles. The quantitative estimate of drug-likeness (QED) is 0.486. The number of carbonyl (C=O) groups excluding carboxylic acids is 1. The summed E-state index contributed by atoms with van der Waals surface area (Å²) < 4.78 is 3.12. The fraction of sp³-hybridized carbons (Fsp3) is 0. The number of hydrogen-bond donors (Lipinski definition) is 0. The molecule has 0 N–H and O–H groups in total. The predicted octanol–water partition coefficient (Wildman–Crippen LogP) is 3.51. The van der Waals surface area contributed by atoms with Crippen LogP contribution in [0.2, 0.25) is 0 Å². The summed E-state index contributed by atoms with van der Waals surface area (Å²) in [5, 5.41) is 2.29. The Morgan fingerprint density at radius 2 is 2.17 bits per heavy atom. The number of hydrogen-bond acceptors (Lipinski definition) is 3. The fourth-order valence-corrected chi connectivity index (χ4v) is 3.34. The van der Waals surface area contributed by atoms with Crippen LogP contribution in [0.3, 0.4) is 0 Å². The summed E-state index contributed by atoms with van der Waals surface area (Å²) in [5.41, 5.74) is 1.66. The molecule has 1 aromatic carbocycles. The van der Waals surface area contributed by atoms with Crippen LogP contribution in [-0.2, 0) is 0 Å². The van der Waals surface area contributed by atoms with Gasteiger partial charge in [-0.3, -0.25) is 4.79 Å². The van der Waals surface area contributed by atoms with Gasteiger partial charge in [0.1, 0.15) is 16.8 Å². The van der Waals surface area contributed by atoms with Crippen molar-refractivity contribution in [2.45, 2.75) is 0 Å². The van der Waals surface area contributed by atoms with E-state index in [4.69, 9.17) is 0 Å². The molecule has 0 fully saturated rings. The minimum absolute atomic E-state index is 0.709. The van der Waals surface area contributed by atoms with Gasteiger partial charge < -0.3 is 4.40 Å². The molecule has 86 valence electrons. The van der Waals surface area contributed by atoms with Gasteiger partial charge in [-0.2, -0.15) is 0 Å². The van der Waals surface area contributed by atoms with Crippen LogP contribution in [0.5, 0.6) is 0 Å². The van der Waals surface area contributed by atoms with Crippen molar-refractivity contribution >= 4 is 43.6 Å². The lowest BCUT2D eigenvalue weighted by Gasteiger charge is -1.95. The van der Waals surface area contributed by atoms with E-state index < -0.39 is 0 Å². The number of carbonyl (C=O) groups is 1. The number of thiophene rings is 1. The van der Waals surface area contributed by atoms with E-state index in [2.05, 4.69) is 11.2 Å². The van der Waals surface area contributed by atoms with Crippen LogP contribution in [0.4, 0.5) is 0 Å². The van der Waals surface area contributed by atoms with E-state index in [-0.39, 0.29) is 0 Å². The summed E-state index contributed by atoms with van der Waals surface area (Å²) in [7, 11) is 0. The lowest BCUT2D eigenvalue weighted by atomic mass is 10.1. The molecule has 18 heavy (non-hydrogen) atoms. The molecule has 0 saturated heterocycles. The molecule has 3 heterocycles. The molecule has 0 aliphatic rings. The average molecular weight is 252 g/mol. The molecule has 4 aromatic rings. The Kier molecular flexibility index (Phi) is 1.85. The van der Waals surface area contributed by atoms with Crippen molar-refractivity contribution in [3.63, 3.8) is 0 Å². The molecule has 3 aromatic heterocycles. The predicted molar refractivity (Wildman–Crippen MR) is 73.5 cm³/mol. The maximum absolute atomic E-state index is 10.8. The van der Waals surface area contributed by atoms with Crippen molar-refractivity contribution in [3.05, 3.63) is 48.3 Å². The third kappa shape index (κ3) is 1.23. The first-order chi connectivity index (χ1) is 8.85. The van der Waals surface area contributed by atoms with Gasteiger partial charge in [-0.25, -0.2) is 4.98 Å². The van der Waals surface area contributed by atoms with Crippen molar-refractivity contribution in [3.8, 4) is 0 Å². The van der Waals surface area contributed by atoms with E-state index in [0.717, 1.165) is 32.2 Å². The second kappa shape index (κ2) is 3.40. The van der Waals surface area contributed by atoms with Gasteiger partial charge in [0.25, 0.3) is 0 Å². The highest BCUT2D eigenvalue weighted by atomic mass is 32.1. The zero-order valence-electron chi connectivity index (χ0n) is 9.33. The summed E-state index contributed by atoms with van der Waals surface area (Å²) in [4.78, 5) is 16.4. The van der Waals surface area contributed by atoms with Crippen LogP contribution < -0.4 is 0 Å². The van der Waals surface area contributed by atoms with Gasteiger partial charge in [0.15, 0.2) is 0 Å². The third-order valence-corrected chi connectivity index (χ3v) is 4.17. The molecule has 3 nitrogen and oxygen atoms in total. The fourth-order valence-electron chi connectivity index (χ4n) is 2.23. The smallest absolute Gasteiger partial charge is 0.150 e. The first-order valence-corrected chi connectivity index (χ1v) is 6.42. The highest BCUT2D eigenvalue weighted by Gasteiger charge is 2.08. The molecule has 0 unspecified atom stereocenters. The van der Waals surface area contributed by atoms with Gasteiger partial charge in [-0.1, -0.05) is 12.1 Å². The van der Waals surface area contributed by atoms with Gasteiger partial charge in [0.2, 0.25) is 0 Å². The molecule has 0 radical (unpaired) electrons. The van der Waals surface area contributed by atoms with Crippen LogP contribution >= 0.6 is 11.3 Å². The molecule has 0 amide bonds. The number of aldehydes is 1. The maximum atomic E-state index is 10.8. The lowest BCUT2D eigenvalue weighted by Crippen LogP contribution is -1.84. The molecule has 0 aliphatic heterocycles. The number of fused-ring (bicyclic) bond motifs is 4. The van der Waals surface area contributed by atoms with Crippen molar-refractivity contribution in [2.75, 3.05) is 0 Å². The lowest BCUT2D eigenvalue weighted by molar-refractivity contribution is 0.112. The second-order valence-corrected chi connectivity index (χ2v) is 5.24. The highest BCUT2D eigenvalue weighted by molar-refractivity contribution is 7.25. The zero-order valence-corrected chi connectivity index (χ0v) is 10.1.